The molecule has 0 fully saturated rings. The molecule has 152 valence electrons. The van der Waals surface area contributed by atoms with Crippen molar-refractivity contribution in [1.29, 1.82) is 0 Å². The number of aromatic nitrogens is 1. The number of Topliss-reactive ketones (excluding diaryl/α,β-unsaturated/α-hetero) is 1. The predicted octanol–water partition coefficient (Wildman–Crippen LogP) is 3.35. The van der Waals surface area contributed by atoms with Crippen molar-refractivity contribution < 1.29 is 14.4 Å². The van der Waals surface area contributed by atoms with Gasteiger partial charge in [-0.15, -0.1) is 0 Å². The number of ketones is 1. The van der Waals surface area contributed by atoms with Crippen molar-refractivity contribution in [3.05, 3.63) is 46.8 Å². The molecular formula is C23H27N3O3. The van der Waals surface area contributed by atoms with Gasteiger partial charge in [0, 0.05) is 60.7 Å². The topological polar surface area (TPSA) is 73.5 Å². The SMILES string of the molecule is CCC1CC(=O)N(C)C(C)=C(C2c3[nH]c4ccccc4c3CCN2C(C)=O)C1=O. The van der Waals surface area contributed by atoms with E-state index < -0.39 is 6.04 Å². The second kappa shape index (κ2) is 7.17. The molecule has 6 nitrogen and oxygen atoms in total. The Morgan fingerprint density at radius 3 is 2.66 bits per heavy atom. The van der Waals surface area contributed by atoms with Gasteiger partial charge >= 0.3 is 0 Å². The Morgan fingerprint density at radius 2 is 1.97 bits per heavy atom. The van der Waals surface area contributed by atoms with Crippen molar-refractivity contribution in [2.75, 3.05) is 13.6 Å². The molecule has 0 saturated heterocycles. The fraction of sp³-hybridized carbons (Fsp3) is 0.435. The minimum Gasteiger partial charge on any atom is -0.356 e. The van der Waals surface area contributed by atoms with Crippen LogP contribution in [0.4, 0.5) is 0 Å². The Balaban J connectivity index is 1.98. The van der Waals surface area contributed by atoms with Crippen molar-refractivity contribution in [2.45, 2.75) is 46.1 Å². The molecule has 2 aliphatic rings. The first kappa shape index (κ1) is 19.4. The van der Waals surface area contributed by atoms with Gasteiger partial charge in [0.1, 0.15) is 6.04 Å². The van der Waals surface area contributed by atoms with Crippen LogP contribution >= 0.6 is 0 Å². The molecule has 2 aliphatic heterocycles. The molecule has 1 aromatic carbocycles. The Labute approximate surface area is 170 Å². The summed E-state index contributed by atoms with van der Waals surface area (Å²) in [7, 11) is 1.72. The number of hydrogen-bond donors (Lipinski definition) is 1. The second-order valence-corrected chi connectivity index (χ2v) is 8.05. The molecule has 2 aromatic rings. The summed E-state index contributed by atoms with van der Waals surface area (Å²) in [6.07, 6.45) is 1.54. The maximum Gasteiger partial charge on any atom is 0.227 e. The average Bonchev–Trinajstić information content (AvgIpc) is 3.06. The summed E-state index contributed by atoms with van der Waals surface area (Å²) in [4.78, 5) is 45.6. The summed E-state index contributed by atoms with van der Waals surface area (Å²) < 4.78 is 0. The predicted molar refractivity (Wildman–Crippen MR) is 111 cm³/mol. The minimum absolute atomic E-state index is 0.0227. The van der Waals surface area contributed by atoms with Gasteiger partial charge in [-0.1, -0.05) is 25.1 Å². The lowest BCUT2D eigenvalue weighted by molar-refractivity contribution is -0.132. The third kappa shape index (κ3) is 2.98. The number of nitrogens with one attached hydrogen (secondary N) is 1. The van der Waals surface area contributed by atoms with Crippen LogP contribution in [0, 0.1) is 5.92 Å². The minimum atomic E-state index is -0.501. The van der Waals surface area contributed by atoms with Crippen LogP contribution in [0.5, 0.6) is 0 Å². The van der Waals surface area contributed by atoms with Crippen LogP contribution in [0.25, 0.3) is 10.9 Å². The molecule has 2 unspecified atom stereocenters. The van der Waals surface area contributed by atoms with Crippen molar-refractivity contribution in [3.63, 3.8) is 0 Å². The molecule has 3 heterocycles. The molecular weight excluding hydrogens is 366 g/mol. The van der Waals surface area contributed by atoms with Gasteiger partial charge in [-0.2, -0.15) is 0 Å². The highest BCUT2D eigenvalue weighted by atomic mass is 16.2. The number of carbonyl (C=O) groups is 3. The standard InChI is InChI=1S/C23H27N3O3/c1-5-15-12-19(28)25(4)13(2)20(23(15)29)22-21-17(10-11-26(22)14(3)27)16-8-6-7-9-18(16)24-21/h6-9,15,22,24H,5,10-12H2,1-4H3. The van der Waals surface area contributed by atoms with Gasteiger partial charge in [-0.05, 0) is 31.4 Å². The summed E-state index contributed by atoms with van der Waals surface area (Å²) >= 11 is 0. The number of aromatic amines is 1. The Hall–Kier alpha value is -2.89. The van der Waals surface area contributed by atoms with Crippen LogP contribution in [0.1, 0.15) is 50.9 Å². The number of amides is 2. The van der Waals surface area contributed by atoms with E-state index in [1.807, 2.05) is 32.0 Å². The molecule has 1 aromatic heterocycles. The number of fused-ring (bicyclic) bond motifs is 3. The van der Waals surface area contributed by atoms with E-state index in [0.29, 0.717) is 24.2 Å². The van der Waals surface area contributed by atoms with Crippen LogP contribution in [0.15, 0.2) is 35.5 Å². The third-order valence-corrected chi connectivity index (χ3v) is 6.53. The van der Waals surface area contributed by atoms with Crippen molar-refractivity contribution in [1.82, 2.24) is 14.8 Å². The fourth-order valence-electron chi connectivity index (χ4n) is 4.75. The van der Waals surface area contributed by atoms with Gasteiger partial charge < -0.3 is 14.8 Å². The monoisotopic (exact) mass is 393 g/mol. The maximum atomic E-state index is 13.6. The van der Waals surface area contributed by atoms with Gasteiger partial charge in [0.25, 0.3) is 0 Å². The molecule has 0 bridgehead atoms. The summed E-state index contributed by atoms with van der Waals surface area (Å²) in [6.45, 7) is 5.85. The fourth-order valence-corrected chi connectivity index (χ4v) is 4.75. The van der Waals surface area contributed by atoms with Crippen LogP contribution < -0.4 is 0 Å². The third-order valence-electron chi connectivity index (χ3n) is 6.53. The zero-order chi connectivity index (χ0) is 20.9. The van der Waals surface area contributed by atoms with Crippen molar-refractivity contribution in [3.8, 4) is 0 Å². The van der Waals surface area contributed by atoms with E-state index in [4.69, 9.17) is 0 Å². The van der Waals surface area contributed by atoms with E-state index in [1.165, 1.54) is 0 Å². The van der Waals surface area contributed by atoms with Crippen LogP contribution in [-0.2, 0) is 20.8 Å². The quantitative estimate of drug-likeness (QED) is 0.850. The van der Waals surface area contributed by atoms with E-state index in [-0.39, 0.29) is 29.9 Å². The zero-order valence-electron chi connectivity index (χ0n) is 17.4. The lowest BCUT2D eigenvalue weighted by Crippen LogP contribution is -2.42. The van der Waals surface area contributed by atoms with Gasteiger partial charge in [0.15, 0.2) is 5.78 Å². The van der Waals surface area contributed by atoms with Crippen LogP contribution in [-0.4, -0.2) is 46.0 Å². The van der Waals surface area contributed by atoms with Gasteiger partial charge in [0.2, 0.25) is 11.8 Å². The molecule has 0 aliphatic carbocycles. The Bertz CT molecular complexity index is 1050. The molecule has 0 radical (unpaired) electrons. The van der Waals surface area contributed by atoms with E-state index in [9.17, 15) is 14.4 Å². The Kier molecular flexibility index (Phi) is 4.81. The molecule has 4 rings (SSSR count). The van der Waals surface area contributed by atoms with Crippen molar-refractivity contribution >= 4 is 28.5 Å². The molecule has 1 N–H and O–H groups in total. The molecule has 2 atom stereocenters. The smallest absolute Gasteiger partial charge is 0.227 e. The number of hydrogen-bond acceptors (Lipinski definition) is 3. The van der Waals surface area contributed by atoms with Crippen LogP contribution in [0.3, 0.4) is 0 Å². The average molecular weight is 393 g/mol. The zero-order valence-corrected chi connectivity index (χ0v) is 17.4. The van der Waals surface area contributed by atoms with Gasteiger partial charge in [-0.25, -0.2) is 0 Å². The van der Waals surface area contributed by atoms with Crippen molar-refractivity contribution in [2.24, 2.45) is 5.92 Å². The first-order chi connectivity index (χ1) is 13.8. The lowest BCUT2D eigenvalue weighted by atomic mass is 9.84. The molecule has 6 heteroatoms. The number of para-hydroxylation sites is 1. The maximum absolute atomic E-state index is 13.6. The first-order valence-corrected chi connectivity index (χ1v) is 10.2. The summed E-state index contributed by atoms with van der Waals surface area (Å²) in [5.41, 5.74) is 4.26. The molecule has 0 saturated carbocycles. The van der Waals surface area contributed by atoms with E-state index in [2.05, 4.69) is 11.1 Å². The Morgan fingerprint density at radius 1 is 1.24 bits per heavy atom. The highest BCUT2D eigenvalue weighted by molar-refractivity contribution is 6.04. The normalized spacial score (nSPS) is 22.9. The summed E-state index contributed by atoms with van der Waals surface area (Å²) in [5, 5.41) is 1.13. The molecule has 2 amide bonds. The molecule has 29 heavy (non-hydrogen) atoms. The summed E-state index contributed by atoms with van der Waals surface area (Å²) in [5.74, 6) is -0.509. The number of benzene rings is 1. The summed E-state index contributed by atoms with van der Waals surface area (Å²) in [6, 6.07) is 7.57. The number of carbonyl (C=O) groups excluding carboxylic acids is 3. The van der Waals surface area contributed by atoms with Gasteiger partial charge in [0.05, 0.1) is 0 Å². The number of allylic oxidation sites excluding steroid dienone is 1. The highest BCUT2D eigenvalue weighted by Gasteiger charge is 2.42. The molecule has 0 spiro atoms. The second-order valence-electron chi connectivity index (χ2n) is 8.05. The van der Waals surface area contributed by atoms with E-state index in [0.717, 1.165) is 28.6 Å². The van der Waals surface area contributed by atoms with Crippen LogP contribution in [0.2, 0.25) is 0 Å². The largest absolute Gasteiger partial charge is 0.356 e. The van der Waals surface area contributed by atoms with E-state index >= 15 is 0 Å². The highest BCUT2D eigenvalue weighted by Crippen LogP contribution is 2.42. The number of rotatable bonds is 2. The number of H-pyrrole nitrogens is 1. The van der Waals surface area contributed by atoms with E-state index in [1.54, 1.807) is 23.8 Å². The van der Waals surface area contributed by atoms with Gasteiger partial charge in [-0.3, -0.25) is 14.4 Å². The number of nitrogens with zero attached hydrogens (tertiary/aromatic N) is 2. The lowest BCUT2D eigenvalue weighted by Gasteiger charge is -2.37. The first-order valence-electron chi connectivity index (χ1n) is 10.2.